The topological polar surface area (TPSA) is 83.7 Å². The Morgan fingerprint density at radius 2 is 1.96 bits per heavy atom. The molecule has 146 valence electrons. The second-order valence-corrected chi connectivity index (χ2v) is 7.80. The SMILES string of the molecule is CCC(C)c1ccccc1N1CC(C(=O)N2CCCC(C(N)=O)C2)CC1=O. The first-order valence-corrected chi connectivity index (χ1v) is 9.89. The van der Waals surface area contributed by atoms with E-state index in [2.05, 4.69) is 19.9 Å². The molecule has 2 aliphatic rings. The molecule has 1 aromatic rings. The van der Waals surface area contributed by atoms with Crippen molar-refractivity contribution in [3.63, 3.8) is 0 Å². The highest BCUT2D eigenvalue weighted by Gasteiger charge is 2.39. The molecule has 0 spiro atoms. The van der Waals surface area contributed by atoms with E-state index in [4.69, 9.17) is 5.73 Å². The van der Waals surface area contributed by atoms with Gasteiger partial charge in [0.15, 0.2) is 0 Å². The minimum atomic E-state index is -0.353. The lowest BCUT2D eigenvalue weighted by Gasteiger charge is -2.33. The van der Waals surface area contributed by atoms with Crippen molar-refractivity contribution in [3.8, 4) is 0 Å². The number of likely N-dealkylation sites (tertiary alicyclic amines) is 1. The Balaban J connectivity index is 1.74. The highest BCUT2D eigenvalue weighted by molar-refractivity contribution is 6.01. The summed E-state index contributed by atoms with van der Waals surface area (Å²) < 4.78 is 0. The van der Waals surface area contributed by atoms with Crippen molar-refractivity contribution in [2.45, 2.75) is 45.4 Å². The number of carbonyl (C=O) groups is 3. The van der Waals surface area contributed by atoms with Crippen LogP contribution in [-0.4, -0.2) is 42.3 Å². The monoisotopic (exact) mass is 371 g/mol. The summed E-state index contributed by atoms with van der Waals surface area (Å²) in [6.45, 7) is 5.70. The van der Waals surface area contributed by atoms with Crippen molar-refractivity contribution in [1.29, 1.82) is 0 Å². The first-order valence-electron chi connectivity index (χ1n) is 9.89. The molecule has 2 fully saturated rings. The van der Waals surface area contributed by atoms with Gasteiger partial charge in [0.2, 0.25) is 17.7 Å². The van der Waals surface area contributed by atoms with Gasteiger partial charge >= 0.3 is 0 Å². The Hall–Kier alpha value is -2.37. The van der Waals surface area contributed by atoms with Crippen molar-refractivity contribution in [2.24, 2.45) is 17.6 Å². The molecule has 2 N–H and O–H groups in total. The molecule has 0 aromatic heterocycles. The van der Waals surface area contributed by atoms with Crippen LogP contribution in [0.3, 0.4) is 0 Å². The largest absolute Gasteiger partial charge is 0.369 e. The molecule has 3 rings (SSSR count). The van der Waals surface area contributed by atoms with Gasteiger partial charge in [0.05, 0.1) is 11.8 Å². The van der Waals surface area contributed by atoms with E-state index >= 15 is 0 Å². The molecule has 2 heterocycles. The zero-order valence-corrected chi connectivity index (χ0v) is 16.2. The predicted octanol–water partition coefficient (Wildman–Crippen LogP) is 2.28. The average molecular weight is 371 g/mol. The number of rotatable bonds is 5. The molecule has 0 aliphatic carbocycles. The molecule has 2 aliphatic heterocycles. The van der Waals surface area contributed by atoms with Gasteiger partial charge in [0.25, 0.3) is 0 Å². The third-order valence-corrected chi connectivity index (χ3v) is 5.98. The molecule has 27 heavy (non-hydrogen) atoms. The maximum absolute atomic E-state index is 13.0. The van der Waals surface area contributed by atoms with E-state index in [1.165, 1.54) is 0 Å². The summed E-state index contributed by atoms with van der Waals surface area (Å²) in [5, 5.41) is 0. The molecule has 3 unspecified atom stereocenters. The summed E-state index contributed by atoms with van der Waals surface area (Å²) in [6.07, 6.45) is 2.73. The van der Waals surface area contributed by atoms with E-state index in [1.54, 1.807) is 9.80 Å². The van der Waals surface area contributed by atoms with Crippen LogP contribution in [0, 0.1) is 11.8 Å². The van der Waals surface area contributed by atoms with Crippen molar-refractivity contribution in [3.05, 3.63) is 29.8 Å². The first kappa shape index (κ1) is 19.4. The third-order valence-electron chi connectivity index (χ3n) is 5.98. The Bertz CT molecular complexity index is 733. The molecule has 0 saturated carbocycles. The maximum atomic E-state index is 13.0. The van der Waals surface area contributed by atoms with Gasteiger partial charge in [-0.05, 0) is 36.8 Å². The zero-order chi connectivity index (χ0) is 19.6. The molecule has 6 heteroatoms. The van der Waals surface area contributed by atoms with Gasteiger partial charge in [0, 0.05) is 31.7 Å². The number of para-hydroxylation sites is 1. The minimum absolute atomic E-state index is 0.00689. The van der Waals surface area contributed by atoms with E-state index in [1.807, 2.05) is 18.2 Å². The number of benzene rings is 1. The molecule has 2 saturated heterocycles. The van der Waals surface area contributed by atoms with Gasteiger partial charge in [-0.25, -0.2) is 0 Å². The zero-order valence-electron chi connectivity index (χ0n) is 16.2. The van der Waals surface area contributed by atoms with Crippen LogP contribution in [0.15, 0.2) is 24.3 Å². The van der Waals surface area contributed by atoms with Crippen molar-refractivity contribution in [1.82, 2.24) is 4.90 Å². The number of primary amides is 1. The van der Waals surface area contributed by atoms with E-state index < -0.39 is 0 Å². The predicted molar refractivity (Wildman–Crippen MR) is 104 cm³/mol. The van der Waals surface area contributed by atoms with Crippen molar-refractivity contribution in [2.75, 3.05) is 24.5 Å². The van der Waals surface area contributed by atoms with Gasteiger partial charge in [-0.15, -0.1) is 0 Å². The summed E-state index contributed by atoms with van der Waals surface area (Å²) >= 11 is 0. The molecular formula is C21H29N3O3. The number of hydrogen-bond acceptors (Lipinski definition) is 3. The van der Waals surface area contributed by atoms with Crippen molar-refractivity contribution >= 4 is 23.4 Å². The van der Waals surface area contributed by atoms with Crippen LogP contribution in [0.2, 0.25) is 0 Å². The second kappa shape index (κ2) is 8.11. The van der Waals surface area contributed by atoms with Gasteiger partial charge in [-0.3, -0.25) is 14.4 Å². The van der Waals surface area contributed by atoms with Crippen LogP contribution in [0.25, 0.3) is 0 Å². The molecular weight excluding hydrogens is 342 g/mol. The summed E-state index contributed by atoms with van der Waals surface area (Å²) in [5.41, 5.74) is 7.49. The molecule has 0 radical (unpaired) electrons. The van der Waals surface area contributed by atoms with Crippen LogP contribution in [-0.2, 0) is 14.4 Å². The van der Waals surface area contributed by atoms with Gasteiger partial charge < -0.3 is 15.5 Å². The van der Waals surface area contributed by atoms with E-state index in [0.717, 1.165) is 30.5 Å². The van der Waals surface area contributed by atoms with Gasteiger partial charge in [0.1, 0.15) is 0 Å². The minimum Gasteiger partial charge on any atom is -0.369 e. The number of nitrogens with zero attached hydrogens (tertiary/aromatic N) is 2. The Morgan fingerprint density at radius 1 is 1.22 bits per heavy atom. The number of nitrogens with two attached hydrogens (primary N) is 1. The van der Waals surface area contributed by atoms with Crippen LogP contribution in [0.4, 0.5) is 5.69 Å². The number of hydrogen-bond donors (Lipinski definition) is 1. The lowest BCUT2D eigenvalue weighted by molar-refractivity contribution is -0.139. The van der Waals surface area contributed by atoms with Crippen LogP contribution in [0.5, 0.6) is 0 Å². The number of piperidine rings is 1. The highest BCUT2D eigenvalue weighted by Crippen LogP contribution is 2.34. The van der Waals surface area contributed by atoms with Crippen LogP contribution >= 0.6 is 0 Å². The van der Waals surface area contributed by atoms with E-state index in [9.17, 15) is 14.4 Å². The first-order chi connectivity index (χ1) is 12.9. The second-order valence-electron chi connectivity index (χ2n) is 7.80. The number of carbonyl (C=O) groups excluding carboxylic acids is 3. The molecule has 1 aromatic carbocycles. The lowest BCUT2D eigenvalue weighted by atomic mass is 9.95. The van der Waals surface area contributed by atoms with Gasteiger partial charge in [-0.2, -0.15) is 0 Å². The average Bonchev–Trinajstić information content (AvgIpc) is 3.08. The van der Waals surface area contributed by atoms with E-state index in [-0.39, 0.29) is 36.0 Å². The summed E-state index contributed by atoms with van der Waals surface area (Å²) in [5.74, 6) is -0.664. The lowest BCUT2D eigenvalue weighted by Crippen LogP contribution is -2.46. The third kappa shape index (κ3) is 3.99. The number of amides is 3. The van der Waals surface area contributed by atoms with Gasteiger partial charge in [-0.1, -0.05) is 32.0 Å². The van der Waals surface area contributed by atoms with Crippen LogP contribution < -0.4 is 10.6 Å². The Kier molecular flexibility index (Phi) is 5.82. The summed E-state index contributed by atoms with van der Waals surface area (Å²) in [6, 6.07) is 7.96. The molecule has 3 amide bonds. The normalized spacial score (nSPS) is 24.1. The Morgan fingerprint density at radius 3 is 2.67 bits per heavy atom. The fourth-order valence-electron chi connectivity index (χ4n) is 4.14. The quantitative estimate of drug-likeness (QED) is 0.862. The standard InChI is InChI=1S/C21H29N3O3/c1-3-14(2)17-8-4-5-9-18(17)24-13-16(11-19(24)25)21(27)23-10-6-7-15(12-23)20(22)26/h4-5,8-9,14-16H,3,6-7,10-13H2,1-2H3,(H2,22,26). The fraction of sp³-hybridized carbons (Fsp3) is 0.571. The molecule has 6 nitrogen and oxygen atoms in total. The van der Waals surface area contributed by atoms with Crippen LogP contribution in [0.1, 0.15) is 51.0 Å². The maximum Gasteiger partial charge on any atom is 0.228 e. The fourth-order valence-corrected chi connectivity index (χ4v) is 4.14. The highest BCUT2D eigenvalue weighted by atomic mass is 16.2. The molecule has 3 atom stereocenters. The van der Waals surface area contributed by atoms with Crippen molar-refractivity contribution < 1.29 is 14.4 Å². The summed E-state index contributed by atoms with van der Waals surface area (Å²) in [7, 11) is 0. The smallest absolute Gasteiger partial charge is 0.228 e. The molecule has 0 bridgehead atoms. The Labute approximate surface area is 160 Å². The summed E-state index contributed by atoms with van der Waals surface area (Å²) in [4.78, 5) is 40.6. The number of anilines is 1. The van der Waals surface area contributed by atoms with E-state index in [0.29, 0.717) is 25.6 Å².